The molecular weight excluding hydrogens is 352 g/mol. The van der Waals surface area contributed by atoms with Crippen LogP contribution in [0.15, 0.2) is 36.5 Å². The van der Waals surface area contributed by atoms with E-state index in [1.54, 1.807) is 6.07 Å². The highest BCUT2D eigenvalue weighted by molar-refractivity contribution is 6.32. The molecule has 1 amide bonds. The van der Waals surface area contributed by atoms with Gasteiger partial charge in [-0.1, -0.05) is 29.8 Å². The Morgan fingerprint density at radius 1 is 1.23 bits per heavy atom. The zero-order chi connectivity index (χ0) is 18.5. The Morgan fingerprint density at radius 2 is 2.00 bits per heavy atom. The number of hydrogen-bond acceptors (Lipinski definition) is 4. The first-order valence-electron chi connectivity index (χ1n) is 8.73. The smallest absolute Gasteiger partial charge is 0.341 e. The number of aromatic nitrogens is 1. The van der Waals surface area contributed by atoms with Crippen molar-refractivity contribution in [2.24, 2.45) is 0 Å². The van der Waals surface area contributed by atoms with Crippen LogP contribution in [0, 0.1) is 0 Å². The summed E-state index contributed by atoms with van der Waals surface area (Å²) >= 11 is 5.84. The Bertz CT molecular complexity index is 822. The molecule has 136 valence electrons. The summed E-state index contributed by atoms with van der Waals surface area (Å²) in [6, 6.07) is 9.30. The van der Waals surface area contributed by atoms with Gasteiger partial charge in [0, 0.05) is 6.20 Å². The fourth-order valence-electron chi connectivity index (χ4n) is 3.14. The van der Waals surface area contributed by atoms with E-state index < -0.39 is 5.97 Å². The summed E-state index contributed by atoms with van der Waals surface area (Å²) in [5.74, 6) is -1.02. The molecule has 0 saturated heterocycles. The van der Waals surface area contributed by atoms with Crippen molar-refractivity contribution in [3.8, 4) is 0 Å². The number of pyridine rings is 1. The van der Waals surface area contributed by atoms with Gasteiger partial charge in [-0.2, -0.15) is 0 Å². The molecule has 0 bridgehead atoms. The molecule has 0 unspecified atom stereocenters. The lowest BCUT2D eigenvalue weighted by Gasteiger charge is -2.20. The molecule has 0 aliphatic heterocycles. The van der Waals surface area contributed by atoms with Crippen molar-refractivity contribution in [2.75, 3.05) is 6.61 Å². The fraction of sp³-hybridized carbons (Fsp3) is 0.350. The number of ether oxygens (including phenoxy) is 1. The fourth-order valence-corrected chi connectivity index (χ4v) is 3.33. The summed E-state index contributed by atoms with van der Waals surface area (Å²) in [5, 5.41) is 2.92. The Hall–Kier alpha value is -2.40. The van der Waals surface area contributed by atoms with Crippen LogP contribution >= 0.6 is 11.6 Å². The van der Waals surface area contributed by atoms with Gasteiger partial charge in [-0.15, -0.1) is 0 Å². The van der Waals surface area contributed by atoms with Crippen LogP contribution in [0.2, 0.25) is 5.15 Å². The van der Waals surface area contributed by atoms with Crippen LogP contribution < -0.4 is 5.32 Å². The van der Waals surface area contributed by atoms with Crippen LogP contribution in [-0.4, -0.2) is 23.5 Å². The summed E-state index contributed by atoms with van der Waals surface area (Å²) in [5.41, 5.74) is 3.97. The second-order valence-electron chi connectivity index (χ2n) is 6.44. The molecule has 1 heterocycles. The number of esters is 1. The number of nitrogens with zero attached hydrogens (tertiary/aromatic N) is 1. The summed E-state index contributed by atoms with van der Waals surface area (Å²) < 4.78 is 5.02. The maximum atomic E-state index is 12.1. The van der Waals surface area contributed by atoms with Crippen LogP contribution in [0.1, 0.15) is 52.9 Å². The highest BCUT2D eigenvalue weighted by atomic mass is 35.5. The lowest BCUT2D eigenvalue weighted by Crippen LogP contribution is -2.31. The normalized spacial score (nSPS) is 14.2. The van der Waals surface area contributed by atoms with Crippen molar-refractivity contribution in [1.29, 1.82) is 0 Å². The predicted molar refractivity (Wildman–Crippen MR) is 99.2 cm³/mol. The standard InChI is InChI=1S/C20H21ClN2O3/c1-13(15-9-8-14-5-2-3-6-16(14)11-15)23-18(24)12-26-20(25)17-7-4-10-22-19(17)21/h4,7-11,13H,2-3,5-6,12H2,1H3,(H,23,24)/t13-/m0/s1. The lowest BCUT2D eigenvalue weighted by molar-refractivity contribution is -0.124. The number of benzene rings is 1. The van der Waals surface area contributed by atoms with E-state index in [4.69, 9.17) is 16.3 Å². The highest BCUT2D eigenvalue weighted by Crippen LogP contribution is 2.24. The first-order valence-corrected chi connectivity index (χ1v) is 9.11. The molecular formula is C20H21ClN2O3. The molecule has 0 saturated carbocycles. The van der Waals surface area contributed by atoms with E-state index in [1.165, 1.54) is 36.2 Å². The van der Waals surface area contributed by atoms with Gasteiger partial charge in [-0.05, 0) is 61.4 Å². The first kappa shape index (κ1) is 18.4. The SMILES string of the molecule is C[C@H](NC(=O)COC(=O)c1cccnc1Cl)c1ccc2c(c1)CCCC2. The molecule has 26 heavy (non-hydrogen) atoms. The van der Waals surface area contributed by atoms with Gasteiger partial charge in [0.2, 0.25) is 0 Å². The number of nitrogens with one attached hydrogen (secondary N) is 1. The molecule has 6 heteroatoms. The molecule has 1 aromatic heterocycles. The molecule has 1 N–H and O–H groups in total. The van der Waals surface area contributed by atoms with E-state index >= 15 is 0 Å². The van der Waals surface area contributed by atoms with Crippen molar-refractivity contribution >= 4 is 23.5 Å². The predicted octanol–water partition coefficient (Wildman–Crippen LogP) is 3.65. The quantitative estimate of drug-likeness (QED) is 0.642. The Labute approximate surface area is 157 Å². The minimum absolute atomic E-state index is 0.0559. The number of carbonyl (C=O) groups excluding carboxylic acids is 2. The maximum absolute atomic E-state index is 12.1. The van der Waals surface area contributed by atoms with Crippen LogP contribution in [0.4, 0.5) is 0 Å². The van der Waals surface area contributed by atoms with Crippen molar-refractivity contribution in [3.05, 3.63) is 63.9 Å². The van der Waals surface area contributed by atoms with Gasteiger partial charge in [-0.25, -0.2) is 9.78 Å². The highest BCUT2D eigenvalue weighted by Gasteiger charge is 2.17. The van der Waals surface area contributed by atoms with Crippen LogP contribution in [0.25, 0.3) is 0 Å². The van der Waals surface area contributed by atoms with E-state index in [-0.39, 0.29) is 29.3 Å². The lowest BCUT2D eigenvalue weighted by atomic mass is 9.89. The minimum Gasteiger partial charge on any atom is -0.452 e. The third kappa shape index (κ3) is 4.41. The number of rotatable bonds is 5. The molecule has 0 fully saturated rings. The Balaban J connectivity index is 1.54. The van der Waals surface area contributed by atoms with Crippen molar-refractivity contribution in [3.63, 3.8) is 0 Å². The number of carbonyl (C=O) groups is 2. The van der Waals surface area contributed by atoms with Crippen LogP contribution in [-0.2, 0) is 22.4 Å². The molecule has 0 radical (unpaired) electrons. The van der Waals surface area contributed by atoms with Gasteiger partial charge in [-0.3, -0.25) is 4.79 Å². The Morgan fingerprint density at radius 3 is 2.77 bits per heavy atom. The van der Waals surface area contributed by atoms with Gasteiger partial charge < -0.3 is 10.1 Å². The molecule has 1 aromatic carbocycles. The second kappa shape index (κ2) is 8.32. The van der Waals surface area contributed by atoms with Crippen molar-refractivity contribution < 1.29 is 14.3 Å². The van der Waals surface area contributed by atoms with Crippen LogP contribution in [0.3, 0.4) is 0 Å². The summed E-state index contributed by atoms with van der Waals surface area (Å²) in [7, 11) is 0. The zero-order valence-electron chi connectivity index (χ0n) is 14.6. The molecule has 3 rings (SSSR count). The van der Waals surface area contributed by atoms with E-state index in [1.807, 2.05) is 6.92 Å². The molecule has 1 aliphatic carbocycles. The number of halogens is 1. The third-order valence-corrected chi connectivity index (χ3v) is 4.86. The van der Waals surface area contributed by atoms with Crippen molar-refractivity contribution in [2.45, 2.75) is 38.6 Å². The van der Waals surface area contributed by atoms with Gasteiger partial charge >= 0.3 is 5.97 Å². The van der Waals surface area contributed by atoms with Gasteiger partial charge in [0.15, 0.2) is 6.61 Å². The summed E-state index contributed by atoms with van der Waals surface area (Å²) in [6.07, 6.45) is 6.15. The third-order valence-electron chi connectivity index (χ3n) is 4.56. The van der Waals surface area contributed by atoms with E-state index in [9.17, 15) is 9.59 Å². The molecule has 1 atom stereocenters. The zero-order valence-corrected chi connectivity index (χ0v) is 15.4. The van der Waals surface area contributed by atoms with E-state index in [0.29, 0.717) is 0 Å². The number of fused-ring (bicyclic) bond motifs is 1. The number of hydrogen-bond donors (Lipinski definition) is 1. The van der Waals surface area contributed by atoms with E-state index in [2.05, 4.69) is 28.5 Å². The average molecular weight is 373 g/mol. The van der Waals surface area contributed by atoms with E-state index in [0.717, 1.165) is 18.4 Å². The topological polar surface area (TPSA) is 68.3 Å². The largest absolute Gasteiger partial charge is 0.452 e. The summed E-state index contributed by atoms with van der Waals surface area (Å²) in [6.45, 7) is 1.56. The monoisotopic (exact) mass is 372 g/mol. The number of amides is 1. The second-order valence-corrected chi connectivity index (χ2v) is 6.80. The average Bonchev–Trinajstić information content (AvgIpc) is 2.66. The maximum Gasteiger partial charge on any atom is 0.341 e. The van der Waals surface area contributed by atoms with Crippen LogP contribution in [0.5, 0.6) is 0 Å². The molecule has 1 aliphatic rings. The van der Waals surface area contributed by atoms with Gasteiger partial charge in [0.05, 0.1) is 11.6 Å². The number of aryl methyl sites for hydroxylation is 2. The minimum atomic E-state index is -0.667. The Kier molecular flexibility index (Phi) is 5.89. The molecule has 2 aromatic rings. The molecule has 0 spiro atoms. The van der Waals surface area contributed by atoms with Crippen molar-refractivity contribution in [1.82, 2.24) is 10.3 Å². The first-order chi connectivity index (χ1) is 12.5. The van der Waals surface area contributed by atoms with Gasteiger partial charge in [0.1, 0.15) is 5.15 Å². The summed E-state index contributed by atoms with van der Waals surface area (Å²) in [4.78, 5) is 27.9. The molecule has 5 nitrogen and oxygen atoms in total. The van der Waals surface area contributed by atoms with Gasteiger partial charge in [0.25, 0.3) is 5.91 Å².